The Morgan fingerprint density at radius 2 is 1.69 bits per heavy atom. The highest BCUT2D eigenvalue weighted by Crippen LogP contribution is 1.92. The lowest BCUT2D eigenvalue weighted by Crippen LogP contribution is -2.30. The summed E-state index contributed by atoms with van der Waals surface area (Å²) in [6.07, 6.45) is 2.02. The Morgan fingerprint density at radius 3 is 2.15 bits per heavy atom. The summed E-state index contributed by atoms with van der Waals surface area (Å²) < 4.78 is 0. The van der Waals surface area contributed by atoms with Crippen LogP contribution in [0.4, 0.5) is 0 Å². The van der Waals surface area contributed by atoms with Gasteiger partial charge in [-0.2, -0.15) is 0 Å². The van der Waals surface area contributed by atoms with E-state index >= 15 is 0 Å². The van der Waals surface area contributed by atoms with Gasteiger partial charge in [-0.1, -0.05) is 27.7 Å². The Bertz CT molecular complexity index is 139. The highest BCUT2D eigenvalue weighted by atomic mass is 14.9. The second-order valence-electron chi connectivity index (χ2n) is 4.50. The van der Waals surface area contributed by atoms with Crippen molar-refractivity contribution >= 4 is 6.21 Å². The fraction of sp³-hybridized carbons (Fsp3) is 0.909. The molecule has 0 rings (SSSR count). The van der Waals surface area contributed by atoms with E-state index in [0.29, 0.717) is 17.9 Å². The van der Waals surface area contributed by atoms with Crippen LogP contribution in [0.2, 0.25) is 0 Å². The minimum absolute atomic E-state index is 0.404. The van der Waals surface area contributed by atoms with E-state index in [1.54, 1.807) is 0 Å². The van der Waals surface area contributed by atoms with Crippen molar-refractivity contribution in [2.24, 2.45) is 16.8 Å². The van der Waals surface area contributed by atoms with Crippen LogP contribution < -0.4 is 5.32 Å². The van der Waals surface area contributed by atoms with Gasteiger partial charge in [0.2, 0.25) is 0 Å². The van der Waals surface area contributed by atoms with E-state index in [2.05, 4.69) is 44.9 Å². The molecule has 0 bridgehead atoms. The zero-order chi connectivity index (χ0) is 10.3. The molecule has 1 N–H and O–H groups in total. The molecule has 1 atom stereocenters. The maximum absolute atomic E-state index is 4.36. The molecule has 0 radical (unpaired) electrons. The van der Waals surface area contributed by atoms with Gasteiger partial charge in [0.15, 0.2) is 0 Å². The highest BCUT2D eigenvalue weighted by Gasteiger charge is 1.98. The number of hydrogen-bond donors (Lipinski definition) is 1. The van der Waals surface area contributed by atoms with Crippen molar-refractivity contribution in [2.75, 3.05) is 13.1 Å². The lowest BCUT2D eigenvalue weighted by atomic mass is 10.2. The maximum atomic E-state index is 4.36. The molecule has 0 aliphatic heterocycles. The molecule has 1 unspecified atom stereocenters. The first-order valence-electron chi connectivity index (χ1n) is 5.25. The number of nitrogens with one attached hydrogen (secondary N) is 1. The lowest BCUT2D eigenvalue weighted by molar-refractivity contribution is 0.540. The monoisotopic (exact) mass is 184 g/mol. The second-order valence-corrected chi connectivity index (χ2v) is 4.50. The average Bonchev–Trinajstić information content (AvgIpc) is 2.00. The van der Waals surface area contributed by atoms with E-state index in [9.17, 15) is 0 Å². The maximum Gasteiger partial charge on any atom is 0.0409 e. The molecule has 0 aliphatic carbocycles. The van der Waals surface area contributed by atoms with Crippen LogP contribution in [0.1, 0.15) is 34.6 Å². The fourth-order valence-electron chi connectivity index (χ4n) is 0.904. The minimum Gasteiger partial charge on any atom is -0.309 e. The number of nitrogens with zero attached hydrogens (tertiary/aromatic N) is 1. The predicted octanol–water partition coefficient (Wildman–Crippen LogP) is 2.35. The summed E-state index contributed by atoms with van der Waals surface area (Å²) in [5.74, 6) is 1.37. The molecule has 2 nitrogen and oxygen atoms in total. The van der Waals surface area contributed by atoms with Gasteiger partial charge >= 0.3 is 0 Å². The molecular weight excluding hydrogens is 160 g/mol. The van der Waals surface area contributed by atoms with Crippen molar-refractivity contribution in [3.8, 4) is 0 Å². The Morgan fingerprint density at radius 1 is 1.08 bits per heavy atom. The number of rotatable bonds is 6. The zero-order valence-corrected chi connectivity index (χ0v) is 9.67. The van der Waals surface area contributed by atoms with Crippen LogP contribution in [0.25, 0.3) is 0 Å². The third kappa shape index (κ3) is 9.54. The molecule has 0 saturated heterocycles. The van der Waals surface area contributed by atoms with E-state index in [4.69, 9.17) is 0 Å². The van der Waals surface area contributed by atoms with E-state index < -0.39 is 0 Å². The molecule has 13 heavy (non-hydrogen) atoms. The van der Waals surface area contributed by atoms with Crippen molar-refractivity contribution in [3.63, 3.8) is 0 Å². The van der Waals surface area contributed by atoms with Crippen LogP contribution in [-0.4, -0.2) is 25.3 Å². The van der Waals surface area contributed by atoms with Crippen molar-refractivity contribution < 1.29 is 0 Å². The van der Waals surface area contributed by atoms with Gasteiger partial charge in [0.25, 0.3) is 0 Å². The van der Waals surface area contributed by atoms with Crippen molar-refractivity contribution in [1.82, 2.24) is 5.32 Å². The summed E-state index contributed by atoms with van der Waals surface area (Å²) in [6, 6.07) is 0.404. The first-order valence-corrected chi connectivity index (χ1v) is 5.25. The van der Waals surface area contributed by atoms with Crippen LogP contribution in [-0.2, 0) is 0 Å². The molecule has 0 amide bonds. The summed E-state index contributed by atoms with van der Waals surface area (Å²) in [5.41, 5.74) is 0. The number of hydrogen-bond acceptors (Lipinski definition) is 2. The first-order chi connectivity index (χ1) is 6.02. The van der Waals surface area contributed by atoms with Gasteiger partial charge in [0.05, 0.1) is 0 Å². The summed E-state index contributed by atoms with van der Waals surface area (Å²) >= 11 is 0. The molecule has 0 aliphatic rings. The normalized spacial score (nSPS) is 14.7. The molecule has 0 heterocycles. The quantitative estimate of drug-likeness (QED) is 0.630. The Kier molecular flexibility index (Phi) is 6.87. The predicted molar refractivity (Wildman–Crippen MR) is 60.5 cm³/mol. The first kappa shape index (κ1) is 12.6. The summed E-state index contributed by atoms with van der Waals surface area (Å²) in [6.45, 7) is 12.9. The minimum atomic E-state index is 0.404. The van der Waals surface area contributed by atoms with Gasteiger partial charge in [-0.05, 0) is 25.3 Å². The Balaban J connectivity index is 3.49. The standard InChI is InChI=1S/C11H24N2/c1-9(2)6-12-8-11(5)13-7-10(3)4/h8-11,13H,6-7H2,1-5H3/b12-8+. The second kappa shape index (κ2) is 7.07. The van der Waals surface area contributed by atoms with Gasteiger partial charge < -0.3 is 5.32 Å². The molecule has 0 spiro atoms. The van der Waals surface area contributed by atoms with Crippen molar-refractivity contribution in [2.45, 2.75) is 40.7 Å². The smallest absolute Gasteiger partial charge is 0.0409 e. The van der Waals surface area contributed by atoms with E-state index in [-0.39, 0.29) is 0 Å². The Hall–Kier alpha value is -0.370. The molecule has 0 saturated carbocycles. The topological polar surface area (TPSA) is 24.4 Å². The van der Waals surface area contributed by atoms with E-state index in [1.165, 1.54) is 0 Å². The van der Waals surface area contributed by atoms with Crippen LogP contribution in [0.3, 0.4) is 0 Å². The zero-order valence-electron chi connectivity index (χ0n) is 9.67. The molecule has 0 aromatic carbocycles. The van der Waals surface area contributed by atoms with Gasteiger partial charge in [0.1, 0.15) is 0 Å². The molecular formula is C11H24N2. The van der Waals surface area contributed by atoms with Crippen LogP contribution >= 0.6 is 0 Å². The molecule has 78 valence electrons. The average molecular weight is 184 g/mol. The van der Waals surface area contributed by atoms with E-state index in [0.717, 1.165) is 13.1 Å². The van der Waals surface area contributed by atoms with Crippen molar-refractivity contribution in [1.29, 1.82) is 0 Å². The van der Waals surface area contributed by atoms with Crippen LogP contribution in [0.15, 0.2) is 4.99 Å². The lowest BCUT2D eigenvalue weighted by Gasteiger charge is -2.11. The third-order valence-corrected chi connectivity index (χ3v) is 1.65. The molecule has 2 heteroatoms. The third-order valence-electron chi connectivity index (χ3n) is 1.65. The van der Waals surface area contributed by atoms with Gasteiger partial charge in [-0.3, -0.25) is 4.99 Å². The summed E-state index contributed by atoms with van der Waals surface area (Å²) in [7, 11) is 0. The van der Waals surface area contributed by atoms with Crippen LogP contribution in [0, 0.1) is 11.8 Å². The Labute approximate surface area is 82.8 Å². The summed E-state index contributed by atoms with van der Waals surface area (Å²) in [4.78, 5) is 4.36. The fourth-order valence-corrected chi connectivity index (χ4v) is 0.904. The SMILES string of the molecule is CC(C)C/N=C/C(C)NCC(C)C. The van der Waals surface area contributed by atoms with Gasteiger partial charge in [-0.25, -0.2) is 0 Å². The van der Waals surface area contributed by atoms with Gasteiger partial charge in [0, 0.05) is 18.8 Å². The molecule has 0 aromatic heterocycles. The van der Waals surface area contributed by atoms with E-state index in [1.807, 2.05) is 6.21 Å². The largest absolute Gasteiger partial charge is 0.309 e. The highest BCUT2D eigenvalue weighted by molar-refractivity contribution is 5.63. The molecule has 0 aromatic rings. The number of aliphatic imine (C=N–C) groups is 1. The van der Waals surface area contributed by atoms with Gasteiger partial charge in [-0.15, -0.1) is 0 Å². The molecule has 0 fully saturated rings. The van der Waals surface area contributed by atoms with Crippen LogP contribution in [0.5, 0.6) is 0 Å². The van der Waals surface area contributed by atoms with Crippen molar-refractivity contribution in [3.05, 3.63) is 0 Å². The summed E-state index contributed by atoms with van der Waals surface area (Å²) in [5, 5.41) is 3.41.